The normalized spacial score (nSPS) is 15.7. The second-order valence-corrected chi connectivity index (χ2v) is 8.65. The summed E-state index contributed by atoms with van der Waals surface area (Å²) >= 11 is 5.90. The summed E-state index contributed by atoms with van der Waals surface area (Å²) < 4.78 is 18.5. The molecule has 10 heteroatoms. The Labute approximate surface area is 201 Å². The first-order valence-corrected chi connectivity index (χ1v) is 11.5. The molecule has 34 heavy (non-hydrogen) atoms. The molecule has 1 fully saturated rings. The predicted molar refractivity (Wildman–Crippen MR) is 126 cm³/mol. The number of piperidine rings is 1. The smallest absolute Gasteiger partial charge is 0.319 e. The van der Waals surface area contributed by atoms with E-state index in [4.69, 9.17) is 16.1 Å². The van der Waals surface area contributed by atoms with E-state index >= 15 is 0 Å². The first kappa shape index (κ1) is 23.7. The Morgan fingerprint density at radius 3 is 2.82 bits per heavy atom. The maximum absolute atomic E-state index is 13.2. The Kier molecular flexibility index (Phi) is 7.74. The van der Waals surface area contributed by atoms with Crippen molar-refractivity contribution in [3.8, 4) is 11.4 Å². The van der Waals surface area contributed by atoms with Gasteiger partial charge in [-0.3, -0.25) is 4.79 Å². The van der Waals surface area contributed by atoms with Crippen LogP contribution in [0.15, 0.2) is 53.1 Å². The Morgan fingerprint density at radius 2 is 2.03 bits per heavy atom. The van der Waals surface area contributed by atoms with E-state index in [9.17, 15) is 14.0 Å². The highest BCUT2D eigenvalue weighted by Crippen LogP contribution is 2.20. The molecule has 0 spiro atoms. The van der Waals surface area contributed by atoms with Gasteiger partial charge in [-0.25, -0.2) is 9.18 Å². The molecular formula is C24H25ClFN5O3. The van der Waals surface area contributed by atoms with Crippen molar-refractivity contribution in [2.75, 3.05) is 25.0 Å². The zero-order chi connectivity index (χ0) is 23.9. The van der Waals surface area contributed by atoms with Crippen molar-refractivity contribution in [1.82, 2.24) is 20.4 Å². The third kappa shape index (κ3) is 6.54. The summed E-state index contributed by atoms with van der Waals surface area (Å²) in [5.41, 5.74) is 1.18. The van der Waals surface area contributed by atoms with Crippen LogP contribution in [0.4, 0.5) is 14.9 Å². The van der Waals surface area contributed by atoms with Gasteiger partial charge in [-0.05, 0) is 61.2 Å². The molecule has 0 saturated carbocycles. The number of halogens is 2. The third-order valence-corrected chi connectivity index (χ3v) is 5.88. The molecule has 1 aliphatic heterocycles. The number of nitrogens with one attached hydrogen (secondary N) is 2. The Balaban J connectivity index is 1.22. The van der Waals surface area contributed by atoms with Crippen LogP contribution in [0.25, 0.3) is 11.4 Å². The van der Waals surface area contributed by atoms with Gasteiger partial charge in [-0.1, -0.05) is 22.8 Å². The van der Waals surface area contributed by atoms with E-state index in [1.807, 2.05) is 17.0 Å². The van der Waals surface area contributed by atoms with Crippen LogP contribution in [-0.4, -0.2) is 46.6 Å². The van der Waals surface area contributed by atoms with Gasteiger partial charge < -0.3 is 20.1 Å². The van der Waals surface area contributed by atoms with Crippen molar-refractivity contribution in [3.05, 3.63) is 65.3 Å². The van der Waals surface area contributed by atoms with Gasteiger partial charge in [0.2, 0.25) is 17.6 Å². The number of nitrogens with zero attached hydrogens (tertiary/aromatic N) is 3. The molecule has 0 aliphatic carbocycles. The van der Waals surface area contributed by atoms with Gasteiger partial charge in [-0.15, -0.1) is 0 Å². The van der Waals surface area contributed by atoms with Crippen molar-refractivity contribution in [2.45, 2.75) is 25.7 Å². The quantitative estimate of drug-likeness (QED) is 0.512. The second-order valence-electron chi connectivity index (χ2n) is 8.21. The predicted octanol–water partition coefficient (Wildman–Crippen LogP) is 4.52. The van der Waals surface area contributed by atoms with Crippen LogP contribution < -0.4 is 10.6 Å². The molecule has 1 aromatic heterocycles. The van der Waals surface area contributed by atoms with Crippen LogP contribution in [0.3, 0.4) is 0 Å². The lowest BCUT2D eigenvalue weighted by Crippen LogP contribution is -2.44. The van der Waals surface area contributed by atoms with Gasteiger partial charge in [0.1, 0.15) is 5.82 Å². The number of urea groups is 1. The van der Waals surface area contributed by atoms with Gasteiger partial charge in [0.15, 0.2) is 0 Å². The number of aryl methyl sites for hydroxylation is 1. The molecule has 0 radical (unpaired) electrons. The summed E-state index contributed by atoms with van der Waals surface area (Å²) in [6, 6.07) is 12.4. The van der Waals surface area contributed by atoms with Gasteiger partial charge >= 0.3 is 6.03 Å². The lowest BCUT2D eigenvalue weighted by atomic mass is 9.97. The van der Waals surface area contributed by atoms with Crippen LogP contribution in [0.5, 0.6) is 0 Å². The minimum atomic E-state index is -0.416. The number of carbonyl (C=O) groups is 2. The molecule has 2 N–H and O–H groups in total. The maximum atomic E-state index is 13.2. The Bertz CT molecular complexity index is 1140. The zero-order valence-electron chi connectivity index (χ0n) is 18.5. The molecule has 178 valence electrons. The molecule has 1 atom stereocenters. The number of likely N-dealkylation sites (tertiary alicyclic amines) is 1. The minimum Gasteiger partial charge on any atom is -0.342 e. The molecule has 4 rings (SSSR count). The van der Waals surface area contributed by atoms with Crippen LogP contribution >= 0.6 is 11.6 Å². The first-order chi connectivity index (χ1) is 16.5. The Hall–Kier alpha value is -3.46. The average molecular weight is 486 g/mol. The number of benzene rings is 2. The van der Waals surface area contributed by atoms with Gasteiger partial charge in [0, 0.05) is 48.7 Å². The summed E-state index contributed by atoms with van der Waals surface area (Å²) in [5, 5.41) is 10.0. The summed E-state index contributed by atoms with van der Waals surface area (Å²) in [6.45, 7) is 1.68. The van der Waals surface area contributed by atoms with Crippen LogP contribution in [0.2, 0.25) is 5.02 Å². The number of amides is 3. The van der Waals surface area contributed by atoms with E-state index in [-0.39, 0.29) is 18.2 Å². The molecule has 3 aromatic rings. The topological polar surface area (TPSA) is 100 Å². The summed E-state index contributed by atoms with van der Waals surface area (Å²) in [6.07, 6.45) is 2.40. The molecule has 3 amide bonds. The second kappa shape index (κ2) is 11.1. The van der Waals surface area contributed by atoms with Crippen molar-refractivity contribution in [3.63, 3.8) is 0 Å². The monoisotopic (exact) mass is 485 g/mol. The zero-order valence-corrected chi connectivity index (χ0v) is 19.2. The number of carbonyl (C=O) groups excluding carboxylic acids is 2. The lowest BCUT2D eigenvalue weighted by Gasteiger charge is -2.33. The van der Waals surface area contributed by atoms with Crippen LogP contribution in [0, 0.1) is 11.7 Å². The van der Waals surface area contributed by atoms with Gasteiger partial charge in [-0.2, -0.15) is 4.98 Å². The molecule has 0 bridgehead atoms. The molecular weight excluding hydrogens is 461 g/mol. The summed E-state index contributed by atoms with van der Waals surface area (Å²) in [7, 11) is 0. The molecule has 2 heterocycles. The molecule has 1 aliphatic rings. The van der Waals surface area contributed by atoms with E-state index in [0.29, 0.717) is 48.5 Å². The summed E-state index contributed by atoms with van der Waals surface area (Å²) in [5.74, 6) is 0.610. The number of aromatic nitrogens is 2. The minimum absolute atomic E-state index is 0.0140. The maximum Gasteiger partial charge on any atom is 0.319 e. The van der Waals surface area contributed by atoms with E-state index in [1.165, 1.54) is 18.2 Å². The van der Waals surface area contributed by atoms with Crippen molar-refractivity contribution >= 4 is 29.2 Å². The van der Waals surface area contributed by atoms with Crippen molar-refractivity contribution < 1.29 is 18.5 Å². The van der Waals surface area contributed by atoms with E-state index in [0.717, 1.165) is 18.4 Å². The van der Waals surface area contributed by atoms with Crippen LogP contribution in [-0.2, 0) is 11.2 Å². The SMILES string of the molecule is O=C(NCC1CCCN(C(=O)CCc2nc(-c3ccc(Cl)cc3)no2)C1)Nc1cccc(F)c1. The fraction of sp³-hybridized carbons (Fsp3) is 0.333. The van der Waals surface area contributed by atoms with E-state index in [1.54, 1.807) is 18.2 Å². The van der Waals surface area contributed by atoms with E-state index < -0.39 is 11.8 Å². The van der Waals surface area contributed by atoms with E-state index in [2.05, 4.69) is 20.8 Å². The first-order valence-electron chi connectivity index (χ1n) is 11.1. The molecule has 8 nitrogen and oxygen atoms in total. The fourth-order valence-electron chi connectivity index (χ4n) is 3.88. The number of rotatable bonds is 7. The summed E-state index contributed by atoms with van der Waals surface area (Å²) in [4.78, 5) is 31.0. The van der Waals surface area contributed by atoms with Crippen molar-refractivity contribution in [2.24, 2.45) is 5.92 Å². The standard InChI is InChI=1S/C24H25ClFN5O3/c25-18-8-6-17(7-9-18)23-29-21(34-30-23)10-11-22(32)31-12-2-3-16(15-31)14-27-24(33)28-20-5-1-4-19(26)13-20/h1,4-9,13,16H,2-3,10-12,14-15H2,(H2,27,28,33). The van der Waals surface area contributed by atoms with Gasteiger partial charge in [0.05, 0.1) is 0 Å². The largest absolute Gasteiger partial charge is 0.342 e. The Morgan fingerprint density at radius 1 is 1.21 bits per heavy atom. The fourth-order valence-corrected chi connectivity index (χ4v) is 4.01. The van der Waals surface area contributed by atoms with Crippen molar-refractivity contribution in [1.29, 1.82) is 0 Å². The third-order valence-electron chi connectivity index (χ3n) is 5.63. The number of hydrogen-bond donors (Lipinski definition) is 2. The average Bonchev–Trinajstić information content (AvgIpc) is 3.31. The van der Waals surface area contributed by atoms with Crippen LogP contribution in [0.1, 0.15) is 25.2 Å². The van der Waals surface area contributed by atoms with Gasteiger partial charge in [0.25, 0.3) is 0 Å². The highest BCUT2D eigenvalue weighted by molar-refractivity contribution is 6.30. The number of anilines is 1. The molecule has 2 aromatic carbocycles. The molecule has 1 saturated heterocycles. The highest BCUT2D eigenvalue weighted by atomic mass is 35.5. The lowest BCUT2D eigenvalue weighted by molar-refractivity contribution is -0.133. The highest BCUT2D eigenvalue weighted by Gasteiger charge is 2.24. The number of hydrogen-bond acceptors (Lipinski definition) is 5. The molecule has 1 unspecified atom stereocenters.